The molecule has 0 amide bonds. The van der Waals surface area contributed by atoms with Crippen LogP contribution in [0.2, 0.25) is 10.0 Å². The molecule has 2 nitrogen and oxygen atoms in total. The lowest BCUT2D eigenvalue weighted by molar-refractivity contribution is -0.0512. The molecule has 0 saturated carbocycles. The number of benzene rings is 1. The summed E-state index contributed by atoms with van der Waals surface area (Å²) in [6, 6.07) is 2.48. The summed E-state index contributed by atoms with van der Waals surface area (Å²) in [7, 11) is 1.32. The third-order valence-electron chi connectivity index (χ3n) is 1.42. The van der Waals surface area contributed by atoms with E-state index in [4.69, 9.17) is 27.9 Å². The first kappa shape index (κ1) is 11.3. The normalized spacial score (nSPS) is 10.4. The lowest BCUT2D eigenvalue weighted by Crippen LogP contribution is -2.03. The molecule has 0 aromatic heterocycles. The molecule has 0 aliphatic carbocycles. The summed E-state index contributed by atoms with van der Waals surface area (Å²) in [5, 5.41) is 0.341. The average molecular weight is 243 g/mol. The molecule has 1 rings (SSSR count). The molecule has 0 heterocycles. The molecule has 0 spiro atoms. The van der Waals surface area contributed by atoms with E-state index in [-0.39, 0.29) is 21.5 Å². The highest BCUT2D eigenvalue weighted by Gasteiger charge is 2.13. The fourth-order valence-electron chi connectivity index (χ4n) is 0.858. The molecule has 0 unspecified atom stereocenters. The van der Waals surface area contributed by atoms with Gasteiger partial charge in [-0.2, -0.15) is 8.78 Å². The summed E-state index contributed by atoms with van der Waals surface area (Å²) in [6.45, 7) is -2.93. The van der Waals surface area contributed by atoms with Gasteiger partial charge in [0.25, 0.3) is 0 Å². The third kappa shape index (κ3) is 2.62. The topological polar surface area (TPSA) is 18.5 Å². The van der Waals surface area contributed by atoms with Crippen LogP contribution < -0.4 is 9.47 Å². The maximum Gasteiger partial charge on any atom is 0.387 e. The minimum absolute atomic E-state index is 0.111. The molecule has 1 aromatic carbocycles. The van der Waals surface area contributed by atoms with Crippen LogP contribution in [0.25, 0.3) is 0 Å². The maximum absolute atomic E-state index is 11.9. The Hall–Kier alpha value is -0.740. The third-order valence-corrected chi connectivity index (χ3v) is 2.14. The Bertz CT molecular complexity index is 331. The highest BCUT2D eigenvalue weighted by Crippen LogP contribution is 2.36. The van der Waals surface area contributed by atoms with Gasteiger partial charge in [0.15, 0.2) is 11.5 Å². The van der Waals surface area contributed by atoms with E-state index in [1.54, 1.807) is 0 Å². The van der Waals surface area contributed by atoms with Crippen molar-refractivity contribution in [3.05, 3.63) is 22.2 Å². The van der Waals surface area contributed by atoms with Crippen LogP contribution in [0, 0.1) is 0 Å². The van der Waals surface area contributed by atoms with Crippen LogP contribution in [0.5, 0.6) is 11.5 Å². The van der Waals surface area contributed by atoms with Crippen molar-refractivity contribution < 1.29 is 18.3 Å². The summed E-state index contributed by atoms with van der Waals surface area (Å²) in [5.74, 6) is -0.0309. The van der Waals surface area contributed by atoms with Gasteiger partial charge in [-0.3, -0.25) is 0 Å². The molecule has 0 aliphatic heterocycles. The van der Waals surface area contributed by atoms with Crippen molar-refractivity contribution >= 4 is 23.2 Å². The largest absolute Gasteiger partial charge is 0.493 e. The van der Waals surface area contributed by atoms with E-state index < -0.39 is 6.61 Å². The van der Waals surface area contributed by atoms with Gasteiger partial charge in [0, 0.05) is 12.1 Å². The number of alkyl halides is 2. The summed E-state index contributed by atoms with van der Waals surface area (Å²) < 4.78 is 32.8. The minimum atomic E-state index is -2.93. The Kier molecular flexibility index (Phi) is 3.77. The van der Waals surface area contributed by atoms with Crippen LogP contribution in [0.3, 0.4) is 0 Å². The van der Waals surface area contributed by atoms with Gasteiger partial charge in [-0.15, -0.1) is 0 Å². The summed E-state index contributed by atoms with van der Waals surface area (Å²) >= 11 is 11.3. The smallest absolute Gasteiger partial charge is 0.387 e. The van der Waals surface area contributed by atoms with Crippen molar-refractivity contribution in [2.24, 2.45) is 0 Å². The molecule has 6 heteroatoms. The molecule has 1 aromatic rings. The Labute approximate surface area is 89.3 Å². The minimum Gasteiger partial charge on any atom is -0.493 e. The molecule has 0 aliphatic rings. The van der Waals surface area contributed by atoms with Crippen molar-refractivity contribution in [1.82, 2.24) is 0 Å². The molecule has 0 radical (unpaired) electrons. The number of halogens is 4. The zero-order valence-electron chi connectivity index (χ0n) is 7.06. The van der Waals surface area contributed by atoms with Crippen molar-refractivity contribution in [1.29, 1.82) is 0 Å². The van der Waals surface area contributed by atoms with E-state index >= 15 is 0 Å². The summed E-state index contributed by atoms with van der Waals surface area (Å²) in [5.41, 5.74) is 0. The van der Waals surface area contributed by atoms with Crippen LogP contribution in [0.1, 0.15) is 0 Å². The Morgan fingerprint density at radius 1 is 1.14 bits per heavy atom. The molecular weight excluding hydrogens is 237 g/mol. The van der Waals surface area contributed by atoms with Crippen molar-refractivity contribution in [2.45, 2.75) is 6.61 Å². The number of rotatable bonds is 3. The second-order valence-corrected chi connectivity index (χ2v) is 3.11. The van der Waals surface area contributed by atoms with E-state index in [1.807, 2.05) is 0 Å². The molecule has 0 saturated heterocycles. The van der Waals surface area contributed by atoms with E-state index in [0.29, 0.717) is 0 Å². The van der Waals surface area contributed by atoms with E-state index in [0.717, 1.165) is 0 Å². The molecule has 0 N–H and O–H groups in total. The predicted molar refractivity (Wildman–Crippen MR) is 49.6 cm³/mol. The van der Waals surface area contributed by atoms with Gasteiger partial charge < -0.3 is 9.47 Å². The average Bonchev–Trinajstić information content (AvgIpc) is 2.10. The van der Waals surface area contributed by atoms with E-state index in [1.165, 1.54) is 19.2 Å². The van der Waals surface area contributed by atoms with Crippen LogP contribution in [0.15, 0.2) is 12.1 Å². The van der Waals surface area contributed by atoms with Crippen molar-refractivity contribution in [3.63, 3.8) is 0 Å². The molecule has 0 atom stereocenters. The first-order valence-electron chi connectivity index (χ1n) is 3.52. The number of methoxy groups -OCH3 is 1. The fourth-order valence-corrected chi connectivity index (χ4v) is 1.17. The standard InChI is InChI=1S/C8H6Cl2F2O2/c1-13-6-2-4(9)5(10)3-7(6)14-8(11)12/h2-3,8H,1H3. The molecule has 14 heavy (non-hydrogen) atoms. The Morgan fingerprint density at radius 2 is 1.64 bits per heavy atom. The molecular formula is C8H6Cl2F2O2. The number of hydrogen-bond donors (Lipinski definition) is 0. The van der Waals surface area contributed by atoms with Gasteiger partial charge in [0.05, 0.1) is 17.2 Å². The maximum atomic E-state index is 11.9. The number of ether oxygens (including phenoxy) is 2. The predicted octanol–water partition coefficient (Wildman–Crippen LogP) is 3.60. The zero-order valence-corrected chi connectivity index (χ0v) is 8.57. The fraction of sp³-hybridized carbons (Fsp3) is 0.250. The van der Waals surface area contributed by atoms with Crippen molar-refractivity contribution in [2.75, 3.05) is 7.11 Å². The first-order valence-corrected chi connectivity index (χ1v) is 4.28. The van der Waals surface area contributed by atoms with E-state index in [9.17, 15) is 8.78 Å². The van der Waals surface area contributed by atoms with Crippen LogP contribution in [0.4, 0.5) is 8.78 Å². The zero-order chi connectivity index (χ0) is 10.7. The Morgan fingerprint density at radius 3 is 2.07 bits per heavy atom. The van der Waals surface area contributed by atoms with Gasteiger partial charge in [0.2, 0.25) is 0 Å². The highest BCUT2D eigenvalue weighted by molar-refractivity contribution is 6.42. The van der Waals surface area contributed by atoms with Crippen LogP contribution in [-0.2, 0) is 0 Å². The first-order chi connectivity index (χ1) is 6.54. The number of hydrogen-bond acceptors (Lipinski definition) is 2. The monoisotopic (exact) mass is 242 g/mol. The molecule has 0 fully saturated rings. The van der Waals surface area contributed by atoms with Crippen LogP contribution in [-0.4, -0.2) is 13.7 Å². The second-order valence-electron chi connectivity index (χ2n) is 2.30. The van der Waals surface area contributed by atoms with Gasteiger partial charge >= 0.3 is 6.61 Å². The lowest BCUT2D eigenvalue weighted by atomic mass is 10.3. The van der Waals surface area contributed by atoms with E-state index in [2.05, 4.69) is 4.74 Å². The quantitative estimate of drug-likeness (QED) is 0.807. The van der Waals surface area contributed by atoms with Gasteiger partial charge in [-0.05, 0) is 0 Å². The Balaban J connectivity index is 3.07. The lowest BCUT2D eigenvalue weighted by Gasteiger charge is -2.10. The van der Waals surface area contributed by atoms with Crippen LogP contribution >= 0.6 is 23.2 Å². The molecule has 0 bridgehead atoms. The van der Waals surface area contributed by atoms with Crippen molar-refractivity contribution in [3.8, 4) is 11.5 Å². The summed E-state index contributed by atoms with van der Waals surface area (Å²) in [4.78, 5) is 0. The molecule has 78 valence electrons. The van der Waals surface area contributed by atoms with Gasteiger partial charge in [-0.1, -0.05) is 23.2 Å². The summed E-state index contributed by atoms with van der Waals surface area (Å²) in [6.07, 6.45) is 0. The van der Waals surface area contributed by atoms with Gasteiger partial charge in [-0.25, -0.2) is 0 Å². The second kappa shape index (κ2) is 4.66. The van der Waals surface area contributed by atoms with Gasteiger partial charge in [0.1, 0.15) is 0 Å². The highest BCUT2D eigenvalue weighted by atomic mass is 35.5. The SMILES string of the molecule is COc1cc(Cl)c(Cl)cc1OC(F)F.